The molecule has 0 radical (unpaired) electrons. The highest BCUT2D eigenvalue weighted by atomic mass is 19.4. The number of hydrogen-bond donors (Lipinski definition) is 2. The van der Waals surface area contributed by atoms with Crippen molar-refractivity contribution in [2.45, 2.75) is 39.2 Å². The van der Waals surface area contributed by atoms with Gasteiger partial charge in [-0.25, -0.2) is 19.9 Å². The highest BCUT2D eigenvalue weighted by Gasteiger charge is 2.36. The van der Waals surface area contributed by atoms with E-state index < -0.39 is 29.2 Å². The van der Waals surface area contributed by atoms with Crippen LogP contribution in [0.2, 0.25) is 0 Å². The molecule has 4 heterocycles. The van der Waals surface area contributed by atoms with Gasteiger partial charge < -0.3 is 10.6 Å². The molecule has 37 heavy (non-hydrogen) atoms. The molecular formula is C23H20F6N8. The van der Waals surface area contributed by atoms with Gasteiger partial charge in [0.15, 0.2) is 5.65 Å². The van der Waals surface area contributed by atoms with Crippen LogP contribution in [-0.2, 0) is 12.4 Å². The van der Waals surface area contributed by atoms with Gasteiger partial charge in [-0.05, 0) is 37.1 Å². The van der Waals surface area contributed by atoms with Crippen molar-refractivity contribution < 1.29 is 26.3 Å². The van der Waals surface area contributed by atoms with E-state index in [-0.39, 0.29) is 40.5 Å². The van der Waals surface area contributed by atoms with Crippen molar-refractivity contribution in [3.8, 4) is 11.4 Å². The minimum Gasteiger partial charge on any atom is -0.366 e. The van der Waals surface area contributed by atoms with E-state index >= 15 is 0 Å². The van der Waals surface area contributed by atoms with E-state index in [2.05, 4.69) is 40.8 Å². The molecule has 0 aromatic carbocycles. The second kappa shape index (κ2) is 9.75. The molecule has 4 rings (SSSR count). The molecule has 8 nitrogen and oxygen atoms in total. The van der Waals surface area contributed by atoms with E-state index in [9.17, 15) is 26.3 Å². The first-order valence-corrected chi connectivity index (χ1v) is 11.0. The Bertz CT molecular complexity index is 1400. The third kappa shape index (κ3) is 5.84. The Morgan fingerprint density at radius 1 is 0.811 bits per heavy atom. The average molecular weight is 522 g/mol. The van der Waals surface area contributed by atoms with Crippen molar-refractivity contribution in [2.75, 3.05) is 10.6 Å². The molecule has 0 fully saturated rings. The van der Waals surface area contributed by atoms with E-state index in [1.807, 2.05) is 20.8 Å². The summed E-state index contributed by atoms with van der Waals surface area (Å²) in [4.78, 5) is 16.2. The fourth-order valence-corrected chi connectivity index (χ4v) is 3.18. The van der Waals surface area contributed by atoms with Crippen molar-refractivity contribution in [1.82, 2.24) is 30.1 Å². The van der Waals surface area contributed by atoms with Gasteiger partial charge in [0.05, 0.1) is 23.0 Å². The molecule has 0 aliphatic rings. The first-order valence-electron chi connectivity index (χ1n) is 11.0. The third-order valence-corrected chi connectivity index (χ3v) is 5.52. The van der Waals surface area contributed by atoms with Crippen LogP contribution in [0.1, 0.15) is 31.9 Å². The maximum absolute atomic E-state index is 13.9. The summed E-state index contributed by atoms with van der Waals surface area (Å²) in [5, 5.41) is 13.4. The summed E-state index contributed by atoms with van der Waals surface area (Å²) in [7, 11) is 0. The summed E-state index contributed by atoms with van der Waals surface area (Å²) in [5.74, 6) is 0.212. The average Bonchev–Trinajstić information content (AvgIpc) is 2.83. The molecule has 0 saturated heterocycles. The van der Waals surface area contributed by atoms with Crippen LogP contribution in [-0.4, -0.2) is 36.2 Å². The summed E-state index contributed by atoms with van der Waals surface area (Å²) in [6.07, 6.45) is -6.18. The first-order chi connectivity index (χ1) is 17.3. The SMILES string of the molecule is CC(C)C(C)Nc1cc(C(F)(F)F)c(-c2cnc3c(Nc4ccc(C(F)(F)F)cn4)ccnc3n2)nn1. The summed E-state index contributed by atoms with van der Waals surface area (Å²) < 4.78 is 80.0. The number of nitrogens with zero attached hydrogens (tertiary/aromatic N) is 6. The van der Waals surface area contributed by atoms with Crippen LogP contribution >= 0.6 is 0 Å². The van der Waals surface area contributed by atoms with Crippen molar-refractivity contribution in [3.05, 3.63) is 54.0 Å². The minimum atomic E-state index is -4.75. The Balaban J connectivity index is 1.68. The predicted octanol–water partition coefficient (Wildman–Crippen LogP) is 6.11. The Kier molecular flexibility index (Phi) is 6.84. The van der Waals surface area contributed by atoms with Crippen LogP contribution in [0.15, 0.2) is 42.9 Å². The van der Waals surface area contributed by atoms with Crippen LogP contribution in [0.5, 0.6) is 0 Å². The number of nitrogens with one attached hydrogen (secondary N) is 2. The Labute approximate surface area is 206 Å². The monoisotopic (exact) mass is 522 g/mol. The molecule has 0 bridgehead atoms. The zero-order chi connectivity index (χ0) is 27.0. The maximum atomic E-state index is 13.9. The lowest BCUT2D eigenvalue weighted by atomic mass is 10.1. The number of anilines is 3. The normalized spacial score (nSPS) is 13.1. The maximum Gasteiger partial charge on any atom is 0.418 e. The van der Waals surface area contributed by atoms with Crippen LogP contribution in [0, 0.1) is 5.92 Å². The Morgan fingerprint density at radius 3 is 2.19 bits per heavy atom. The van der Waals surface area contributed by atoms with Gasteiger partial charge in [-0.2, -0.15) is 26.3 Å². The van der Waals surface area contributed by atoms with Crippen LogP contribution in [0.3, 0.4) is 0 Å². The van der Waals surface area contributed by atoms with Gasteiger partial charge in [0.1, 0.15) is 28.5 Å². The van der Waals surface area contributed by atoms with Crippen LogP contribution in [0.4, 0.5) is 43.7 Å². The van der Waals surface area contributed by atoms with Crippen molar-refractivity contribution in [2.24, 2.45) is 5.92 Å². The number of fused-ring (bicyclic) bond motifs is 1. The third-order valence-electron chi connectivity index (χ3n) is 5.52. The van der Waals surface area contributed by atoms with Gasteiger partial charge in [0.2, 0.25) is 0 Å². The van der Waals surface area contributed by atoms with Crippen molar-refractivity contribution in [1.29, 1.82) is 0 Å². The van der Waals surface area contributed by atoms with Crippen LogP contribution < -0.4 is 10.6 Å². The fourth-order valence-electron chi connectivity index (χ4n) is 3.18. The molecule has 0 spiro atoms. The summed E-state index contributed by atoms with van der Waals surface area (Å²) in [6.45, 7) is 5.65. The molecule has 2 N–H and O–H groups in total. The van der Waals surface area contributed by atoms with Crippen molar-refractivity contribution >= 4 is 28.5 Å². The Hall–Kier alpha value is -4.10. The molecule has 14 heteroatoms. The number of hydrogen-bond acceptors (Lipinski definition) is 8. The molecule has 0 saturated carbocycles. The molecular weight excluding hydrogens is 502 g/mol. The van der Waals surface area contributed by atoms with Gasteiger partial charge in [-0.3, -0.25) is 0 Å². The highest BCUT2D eigenvalue weighted by Crippen LogP contribution is 2.37. The van der Waals surface area contributed by atoms with E-state index in [1.54, 1.807) is 0 Å². The summed E-state index contributed by atoms with van der Waals surface area (Å²) in [5.41, 5.74) is -2.23. The van der Waals surface area contributed by atoms with Gasteiger partial charge in [0, 0.05) is 18.4 Å². The zero-order valence-electron chi connectivity index (χ0n) is 19.6. The lowest BCUT2D eigenvalue weighted by molar-refractivity contribution is -0.138. The molecule has 194 valence electrons. The predicted molar refractivity (Wildman–Crippen MR) is 124 cm³/mol. The van der Waals surface area contributed by atoms with E-state index in [0.29, 0.717) is 11.9 Å². The topological polar surface area (TPSA) is 101 Å². The largest absolute Gasteiger partial charge is 0.418 e. The molecule has 0 aliphatic heterocycles. The number of halogens is 6. The summed E-state index contributed by atoms with van der Waals surface area (Å²) >= 11 is 0. The van der Waals surface area contributed by atoms with Crippen LogP contribution in [0.25, 0.3) is 22.6 Å². The second-order valence-corrected chi connectivity index (χ2v) is 8.51. The molecule has 1 atom stereocenters. The zero-order valence-corrected chi connectivity index (χ0v) is 19.6. The van der Waals surface area contributed by atoms with E-state index in [4.69, 9.17) is 0 Å². The molecule has 0 aliphatic carbocycles. The number of pyridine rings is 2. The number of aromatic nitrogens is 6. The van der Waals surface area contributed by atoms with E-state index in [0.717, 1.165) is 24.4 Å². The molecule has 4 aromatic heterocycles. The quantitative estimate of drug-likeness (QED) is 0.293. The second-order valence-electron chi connectivity index (χ2n) is 8.51. The number of alkyl halides is 6. The van der Waals surface area contributed by atoms with Gasteiger partial charge in [-0.15, -0.1) is 10.2 Å². The standard InChI is InChI=1S/C23H20F6N8/c1-11(2)12(3)33-18-8-14(23(27,28)29)19(37-36-18)16-10-32-20-15(6-7-30-21(20)35-16)34-17-5-4-13(9-31-17)22(24,25)26/h4-12H,1-3H3,(H,33,36)(H,30,31,34,35). The smallest absolute Gasteiger partial charge is 0.366 e. The molecule has 0 amide bonds. The van der Waals surface area contributed by atoms with Gasteiger partial charge in [0.25, 0.3) is 0 Å². The van der Waals surface area contributed by atoms with Crippen molar-refractivity contribution in [3.63, 3.8) is 0 Å². The number of rotatable bonds is 6. The lowest BCUT2D eigenvalue weighted by Crippen LogP contribution is -2.23. The minimum absolute atomic E-state index is 0.0139. The lowest BCUT2D eigenvalue weighted by Gasteiger charge is -2.19. The fraction of sp³-hybridized carbons (Fsp3) is 0.304. The van der Waals surface area contributed by atoms with Gasteiger partial charge in [-0.1, -0.05) is 13.8 Å². The molecule has 1 unspecified atom stereocenters. The first kappa shape index (κ1) is 26.0. The van der Waals surface area contributed by atoms with E-state index in [1.165, 1.54) is 12.3 Å². The highest BCUT2D eigenvalue weighted by molar-refractivity contribution is 5.87. The summed E-state index contributed by atoms with van der Waals surface area (Å²) in [6, 6.07) is 4.20. The van der Waals surface area contributed by atoms with Gasteiger partial charge >= 0.3 is 12.4 Å². The molecule has 4 aromatic rings. The Morgan fingerprint density at radius 2 is 1.57 bits per heavy atom.